The maximum Gasteiger partial charge on any atom is 0.290 e. The highest BCUT2D eigenvalue weighted by atomic mass is 35.5. The van der Waals surface area contributed by atoms with Gasteiger partial charge in [0.15, 0.2) is 0 Å². The Balaban J connectivity index is 1.50. The highest BCUT2D eigenvalue weighted by molar-refractivity contribution is 6.42. The smallest absolute Gasteiger partial charge is 0.290 e. The third kappa shape index (κ3) is 3.90. The fourth-order valence-corrected chi connectivity index (χ4v) is 3.27. The zero-order chi connectivity index (χ0) is 20.5. The molecule has 0 atom stereocenters. The molecular formula is C21H16Cl2N4O2. The second-order valence-corrected chi connectivity index (χ2v) is 7.32. The first-order chi connectivity index (χ1) is 13.9. The Bertz CT molecular complexity index is 1260. The molecule has 0 fully saturated rings. The van der Waals surface area contributed by atoms with Crippen molar-refractivity contribution >= 4 is 41.0 Å². The lowest BCUT2D eigenvalue weighted by molar-refractivity contribution is 0.0948. The minimum absolute atomic E-state index is 0.354. The van der Waals surface area contributed by atoms with E-state index >= 15 is 0 Å². The molecule has 0 saturated heterocycles. The van der Waals surface area contributed by atoms with Gasteiger partial charge >= 0.3 is 0 Å². The fraction of sp³-hybridized carbons (Fsp3) is 0.0952. The molecule has 0 aliphatic rings. The summed E-state index contributed by atoms with van der Waals surface area (Å²) in [6, 6.07) is 12.6. The molecule has 1 aromatic carbocycles. The summed E-state index contributed by atoms with van der Waals surface area (Å²) in [5.41, 5.74) is 6.12. The molecule has 6 nitrogen and oxygen atoms in total. The normalized spacial score (nSPS) is 11.4. The average Bonchev–Trinajstić information content (AvgIpc) is 3.27. The molecule has 1 N–H and O–H groups in total. The molecule has 3 heterocycles. The number of nitrogens with one attached hydrogen (secondary N) is 1. The van der Waals surface area contributed by atoms with Crippen molar-refractivity contribution in [2.24, 2.45) is 5.10 Å². The summed E-state index contributed by atoms with van der Waals surface area (Å²) in [5.74, 6) is 0.745. The molecule has 0 aliphatic heterocycles. The summed E-state index contributed by atoms with van der Waals surface area (Å²) >= 11 is 12.0. The molecule has 3 aromatic heterocycles. The van der Waals surface area contributed by atoms with E-state index in [1.165, 1.54) is 6.21 Å². The zero-order valence-electron chi connectivity index (χ0n) is 15.6. The molecule has 8 heteroatoms. The minimum Gasteiger partial charge on any atom is -0.455 e. The van der Waals surface area contributed by atoms with Gasteiger partial charge in [0.05, 0.1) is 22.0 Å². The van der Waals surface area contributed by atoms with Gasteiger partial charge in [-0.15, -0.1) is 0 Å². The number of fused-ring (bicyclic) bond motifs is 1. The van der Waals surface area contributed by atoms with Crippen molar-refractivity contribution in [1.82, 2.24) is 14.8 Å². The van der Waals surface area contributed by atoms with Crippen molar-refractivity contribution in [1.29, 1.82) is 0 Å². The van der Waals surface area contributed by atoms with E-state index in [4.69, 9.17) is 27.6 Å². The predicted octanol–water partition coefficient (Wildman–Crippen LogP) is 5.28. The van der Waals surface area contributed by atoms with Crippen LogP contribution >= 0.6 is 23.2 Å². The van der Waals surface area contributed by atoms with Crippen LogP contribution in [0.3, 0.4) is 0 Å². The third-order valence-corrected chi connectivity index (χ3v) is 5.08. The lowest BCUT2D eigenvalue weighted by Crippen LogP contribution is -2.20. The molecule has 146 valence electrons. The van der Waals surface area contributed by atoms with Crippen molar-refractivity contribution in [3.05, 3.63) is 81.4 Å². The van der Waals surface area contributed by atoms with Crippen LogP contribution < -0.4 is 5.43 Å². The number of hydrogen-bond donors (Lipinski definition) is 1. The second-order valence-electron chi connectivity index (χ2n) is 6.51. The molecule has 29 heavy (non-hydrogen) atoms. The molecule has 1 amide bonds. The van der Waals surface area contributed by atoms with Crippen LogP contribution in [0.4, 0.5) is 0 Å². The first-order valence-electron chi connectivity index (χ1n) is 8.76. The van der Waals surface area contributed by atoms with E-state index in [1.54, 1.807) is 35.6 Å². The van der Waals surface area contributed by atoms with Crippen molar-refractivity contribution in [2.45, 2.75) is 13.8 Å². The SMILES string of the molecule is Cc1ccc2nc(C)c(C(=O)N/N=C/c3ccc(-c4ccc(Cl)c(Cl)c4)o3)n2c1. The number of aryl methyl sites for hydroxylation is 2. The highest BCUT2D eigenvalue weighted by Crippen LogP contribution is 2.29. The van der Waals surface area contributed by atoms with Crippen LogP contribution in [0.1, 0.15) is 27.5 Å². The first kappa shape index (κ1) is 19.2. The van der Waals surface area contributed by atoms with Gasteiger partial charge in [-0.2, -0.15) is 5.10 Å². The number of furan rings is 1. The quantitative estimate of drug-likeness (QED) is 0.356. The Morgan fingerprint density at radius 2 is 1.97 bits per heavy atom. The number of aromatic nitrogens is 2. The number of benzene rings is 1. The Hall–Kier alpha value is -3.09. The third-order valence-electron chi connectivity index (χ3n) is 4.34. The van der Waals surface area contributed by atoms with Crippen molar-refractivity contribution in [3.8, 4) is 11.3 Å². The summed E-state index contributed by atoms with van der Waals surface area (Å²) < 4.78 is 7.48. The summed E-state index contributed by atoms with van der Waals surface area (Å²) in [6.45, 7) is 3.74. The van der Waals surface area contributed by atoms with E-state index in [2.05, 4.69) is 15.5 Å². The molecule has 0 aliphatic carbocycles. The Morgan fingerprint density at radius 3 is 2.76 bits per heavy atom. The largest absolute Gasteiger partial charge is 0.455 e. The van der Waals surface area contributed by atoms with Gasteiger partial charge < -0.3 is 4.42 Å². The number of carbonyl (C=O) groups is 1. The molecule has 0 bridgehead atoms. The van der Waals surface area contributed by atoms with Crippen LogP contribution in [0, 0.1) is 13.8 Å². The van der Waals surface area contributed by atoms with E-state index in [9.17, 15) is 4.79 Å². The van der Waals surface area contributed by atoms with Gasteiger partial charge in [-0.3, -0.25) is 9.20 Å². The molecule has 4 aromatic rings. The fourth-order valence-electron chi connectivity index (χ4n) is 2.98. The van der Waals surface area contributed by atoms with Crippen LogP contribution in [0.5, 0.6) is 0 Å². The van der Waals surface area contributed by atoms with Crippen LogP contribution in [0.15, 0.2) is 58.2 Å². The number of amides is 1. The summed E-state index contributed by atoms with van der Waals surface area (Å²) in [4.78, 5) is 17.0. The average molecular weight is 427 g/mol. The van der Waals surface area contributed by atoms with E-state index < -0.39 is 0 Å². The summed E-state index contributed by atoms with van der Waals surface area (Å²) in [7, 11) is 0. The second kappa shape index (κ2) is 7.73. The van der Waals surface area contributed by atoms with Gasteiger partial charge in [0, 0.05) is 11.8 Å². The Morgan fingerprint density at radius 1 is 1.14 bits per heavy atom. The van der Waals surface area contributed by atoms with Gasteiger partial charge in [0.2, 0.25) is 0 Å². The topological polar surface area (TPSA) is 71.9 Å². The molecule has 0 unspecified atom stereocenters. The number of carbonyl (C=O) groups excluding carboxylic acids is 1. The number of nitrogens with zero attached hydrogens (tertiary/aromatic N) is 3. The van der Waals surface area contributed by atoms with Gasteiger partial charge in [-0.05, 0) is 55.8 Å². The monoisotopic (exact) mass is 426 g/mol. The van der Waals surface area contributed by atoms with E-state index in [-0.39, 0.29) is 5.91 Å². The first-order valence-corrected chi connectivity index (χ1v) is 9.52. The lowest BCUT2D eigenvalue weighted by atomic mass is 10.2. The van der Waals surface area contributed by atoms with Gasteiger partial charge in [-0.1, -0.05) is 29.3 Å². The molecule has 0 radical (unpaired) electrons. The van der Waals surface area contributed by atoms with Crippen molar-refractivity contribution < 1.29 is 9.21 Å². The standard InChI is InChI=1S/C21H16Cl2N4O2/c1-12-3-8-19-25-13(2)20(27(19)11-12)21(28)26-24-10-15-5-7-18(29-15)14-4-6-16(22)17(23)9-14/h3-11H,1-2H3,(H,26,28)/b24-10+. The number of pyridine rings is 1. The number of hydrazone groups is 1. The molecule has 0 spiro atoms. The van der Waals surface area contributed by atoms with Crippen molar-refractivity contribution in [3.63, 3.8) is 0 Å². The number of hydrogen-bond acceptors (Lipinski definition) is 4. The van der Waals surface area contributed by atoms with Crippen LogP contribution in [-0.4, -0.2) is 21.5 Å². The highest BCUT2D eigenvalue weighted by Gasteiger charge is 2.16. The number of halogens is 2. The van der Waals surface area contributed by atoms with Crippen molar-refractivity contribution in [2.75, 3.05) is 0 Å². The predicted molar refractivity (Wildman–Crippen MR) is 114 cm³/mol. The van der Waals surface area contributed by atoms with Crippen LogP contribution in [0.25, 0.3) is 17.0 Å². The summed E-state index contributed by atoms with van der Waals surface area (Å²) in [5, 5.41) is 4.92. The maximum absolute atomic E-state index is 12.6. The maximum atomic E-state index is 12.6. The molecule has 0 saturated carbocycles. The van der Waals surface area contributed by atoms with Gasteiger partial charge in [0.1, 0.15) is 22.9 Å². The Labute approximate surface area is 176 Å². The lowest BCUT2D eigenvalue weighted by Gasteiger charge is -2.02. The summed E-state index contributed by atoms with van der Waals surface area (Å²) in [6.07, 6.45) is 3.30. The van der Waals surface area contributed by atoms with Gasteiger partial charge in [0.25, 0.3) is 5.91 Å². The minimum atomic E-state index is -0.354. The molecular weight excluding hydrogens is 411 g/mol. The van der Waals surface area contributed by atoms with Gasteiger partial charge in [-0.25, -0.2) is 10.4 Å². The number of imidazole rings is 1. The van der Waals surface area contributed by atoms with Crippen LogP contribution in [-0.2, 0) is 0 Å². The van der Waals surface area contributed by atoms with E-state index in [0.29, 0.717) is 38.6 Å². The Kier molecular flexibility index (Phi) is 5.13. The number of rotatable bonds is 4. The zero-order valence-corrected chi connectivity index (χ0v) is 17.1. The molecule has 4 rings (SSSR count). The van der Waals surface area contributed by atoms with E-state index in [1.807, 2.05) is 31.3 Å². The van der Waals surface area contributed by atoms with Crippen LogP contribution in [0.2, 0.25) is 10.0 Å². The van der Waals surface area contributed by atoms with E-state index in [0.717, 1.165) is 11.1 Å².